The quantitative estimate of drug-likeness (QED) is 0.849. The second-order valence-electron chi connectivity index (χ2n) is 4.90. The third-order valence-corrected chi connectivity index (χ3v) is 3.47. The Balaban J connectivity index is 1.98. The van der Waals surface area contributed by atoms with E-state index in [0.717, 1.165) is 25.0 Å². The Hall–Kier alpha value is -1.39. The van der Waals surface area contributed by atoms with Crippen molar-refractivity contribution in [2.24, 2.45) is 5.92 Å². The lowest BCUT2D eigenvalue weighted by Crippen LogP contribution is -2.38. The fraction of sp³-hybridized carbons (Fsp3) is 0.533. The lowest BCUT2D eigenvalue weighted by Gasteiger charge is -2.25. The number of ether oxygens (including phenoxy) is 1. The largest absolute Gasteiger partial charge is 0.396 e. The lowest BCUT2D eigenvalue weighted by atomic mass is 9.99. The molecular formula is C15H21NO3. The molecule has 2 atom stereocenters. The Labute approximate surface area is 113 Å². The molecule has 1 amide bonds. The second kappa shape index (κ2) is 7.26. The van der Waals surface area contributed by atoms with Crippen molar-refractivity contribution in [2.75, 3.05) is 19.8 Å². The smallest absolute Gasteiger partial charge is 0.225 e. The van der Waals surface area contributed by atoms with Gasteiger partial charge in [0.15, 0.2) is 0 Å². The molecule has 1 saturated heterocycles. The van der Waals surface area contributed by atoms with Crippen LogP contribution in [0.25, 0.3) is 0 Å². The van der Waals surface area contributed by atoms with Gasteiger partial charge < -0.3 is 15.2 Å². The summed E-state index contributed by atoms with van der Waals surface area (Å²) in [6, 6.07) is 9.64. The number of nitrogens with one attached hydrogen (secondary N) is 1. The standard InChI is InChI=1S/C15H21NO3/c17-9-8-14(12-5-2-1-3-6-12)16-15(18)13-7-4-10-19-11-13/h1-3,5-6,13-14,17H,4,7-11H2,(H,16,18). The molecule has 0 spiro atoms. The Morgan fingerprint density at radius 3 is 2.84 bits per heavy atom. The molecule has 0 saturated carbocycles. The zero-order chi connectivity index (χ0) is 13.5. The Morgan fingerprint density at radius 1 is 1.42 bits per heavy atom. The molecule has 0 radical (unpaired) electrons. The number of rotatable bonds is 5. The van der Waals surface area contributed by atoms with Crippen molar-refractivity contribution < 1.29 is 14.6 Å². The predicted molar refractivity (Wildman–Crippen MR) is 72.6 cm³/mol. The molecule has 1 heterocycles. The van der Waals surface area contributed by atoms with Gasteiger partial charge in [-0.15, -0.1) is 0 Å². The summed E-state index contributed by atoms with van der Waals surface area (Å²) in [5.74, 6) is -0.0272. The number of aliphatic hydroxyl groups excluding tert-OH is 1. The van der Waals surface area contributed by atoms with Crippen LogP contribution in [0.1, 0.15) is 30.9 Å². The van der Waals surface area contributed by atoms with Crippen molar-refractivity contribution in [1.29, 1.82) is 0 Å². The first kappa shape index (κ1) is 14.0. The molecule has 2 N–H and O–H groups in total. The first-order valence-electron chi connectivity index (χ1n) is 6.85. The molecule has 1 aliphatic rings. The first-order valence-corrected chi connectivity index (χ1v) is 6.85. The van der Waals surface area contributed by atoms with Gasteiger partial charge in [-0.1, -0.05) is 30.3 Å². The number of carbonyl (C=O) groups is 1. The third-order valence-electron chi connectivity index (χ3n) is 3.47. The summed E-state index contributed by atoms with van der Waals surface area (Å²) in [5, 5.41) is 12.2. The maximum Gasteiger partial charge on any atom is 0.225 e. The first-order chi connectivity index (χ1) is 9.31. The average molecular weight is 263 g/mol. The third kappa shape index (κ3) is 4.04. The van der Waals surface area contributed by atoms with E-state index in [1.165, 1.54) is 0 Å². The zero-order valence-corrected chi connectivity index (χ0v) is 11.0. The van der Waals surface area contributed by atoms with Crippen molar-refractivity contribution in [1.82, 2.24) is 5.32 Å². The summed E-state index contributed by atoms with van der Waals surface area (Å²) < 4.78 is 5.34. The van der Waals surface area contributed by atoms with E-state index in [0.29, 0.717) is 13.0 Å². The molecule has 4 nitrogen and oxygen atoms in total. The Kier molecular flexibility index (Phi) is 5.36. The molecular weight excluding hydrogens is 242 g/mol. The number of amides is 1. The molecule has 1 aliphatic heterocycles. The zero-order valence-electron chi connectivity index (χ0n) is 11.0. The fourth-order valence-corrected chi connectivity index (χ4v) is 2.37. The van der Waals surface area contributed by atoms with Gasteiger partial charge in [0.05, 0.1) is 18.6 Å². The van der Waals surface area contributed by atoms with Gasteiger partial charge in [0.2, 0.25) is 5.91 Å². The van der Waals surface area contributed by atoms with Crippen LogP contribution in [-0.4, -0.2) is 30.8 Å². The van der Waals surface area contributed by atoms with Gasteiger partial charge in [0.25, 0.3) is 0 Å². The van der Waals surface area contributed by atoms with E-state index in [1.807, 2.05) is 30.3 Å². The number of aliphatic hydroxyl groups is 1. The van der Waals surface area contributed by atoms with E-state index < -0.39 is 0 Å². The molecule has 1 aromatic carbocycles. The van der Waals surface area contributed by atoms with Gasteiger partial charge >= 0.3 is 0 Å². The highest BCUT2D eigenvalue weighted by Gasteiger charge is 2.24. The van der Waals surface area contributed by atoms with Crippen molar-refractivity contribution in [3.63, 3.8) is 0 Å². The minimum absolute atomic E-state index is 0.0296. The monoisotopic (exact) mass is 263 g/mol. The van der Waals surface area contributed by atoms with Crippen LogP contribution in [0.5, 0.6) is 0 Å². The number of hydrogen-bond donors (Lipinski definition) is 2. The average Bonchev–Trinajstić information content (AvgIpc) is 2.48. The molecule has 1 aromatic rings. The molecule has 0 aromatic heterocycles. The second-order valence-corrected chi connectivity index (χ2v) is 4.90. The number of benzene rings is 1. The van der Waals surface area contributed by atoms with Crippen LogP contribution < -0.4 is 5.32 Å². The fourth-order valence-electron chi connectivity index (χ4n) is 2.37. The topological polar surface area (TPSA) is 58.6 Å². The van der Waals surface area contributed by atoms with E-state index in [1.54, 1.807) is 0 Å². The van der Waals surface area contributed by atoms with Crippen LogP contribution in [0.4, 0.5) is 0 Å². The van der Waals surface area contributed by atoms with Gasteiger partial charge in [-0.25, -0.2) is 0 Å². The maximum absolute atomic E-state index is 12.2. The van der Waals surface area contributed by atoms with Gasteiger partial charge in [-0.3, -0.25) is 4.79 Å². The molecule has 1 fully saturated rings. The predicted octanol–water partition coefficient (Wildman–Crippen LogP) is 1.65. The number of carbonyl (C=O) groups excluding carboxylic acids is 1. The van der Waals surface area contributed by atoms with Crippen LogP contribution >= 0.6 is 0 Å². The van der Waals surface area contributed by atoms with E-state index in [4.69, 9.17) is 9.84 Å². The van der Waals surface area contributed by atoms with Gasteiger partial charge in [-0.05, 0) is 24.8 Å². The molecule has 0 aliphatic carbocycles. The van der Waals surface area contributed by atoms with Gasteiger partial charge in [0.1, 0.15) is 0 Å². The van der Waals surface area contributed by atoms with Crippen LogP contribution in [0.3, 0.4) is 0 Å². The maximum atomic E-state index is 12.2. The summed E-state index contributed by atoms with van der Waals surface area (Å²) >= 11 is 0. The lowest BCUT2D eigenvalue weighted by molar-refractivity contribution is -0.129. The van der Waals surface area contributed by atoms with Crippen molar-refractivity contribution in [3.05, 3.63) is 35.9 Å². The molecule has 2 rings (SSSR count). The molecule has 0 bridgehead atoms. The minimum Gasteiger partial charge on any atom is -0.396 e. The minimum atomic E-state index is -0.124. The summed E-state index contributed by atoms with van der Waals surface area (Å²) in [7, 11) is 0. The SMILES string of the molecule is O=C(NC(CCO)c1ccccc1)C1CCCOC1. The van der Waals surface area contributed by atoms with Gasteiger partial charge in [0, 0.05) is 13.2 Å². The summed E-state index contributed by atoms with van der Waals surface area (Å²) in [6.07, 6.45) is 2.35. The van der Waals surface area contributed by atoms with Crippen LogP contribution in [-0.2, 0) is 9.53 Å². The van der Waals surface area contributed by atoms with E-state index in [9.17, 15) is 4.79 Å². The highest BCUT2D eigenvalue weighted by Crippen LogP contribution is 2.19. The Morgan fingerprint density at radius 2 is 2.21 bits per heavy atom. The van der Waals surface area contributed by atoms with Crippen molar-refractivity contribution in [3.8, 4) is 0 Å². The van der Waals surface area contributed by atoms with Crippen LogP contribution in [0.2, 0.25) is 0 Å². The Bertz CT molecular complexity index is 388. The normalized spacial score (nSPS) is 20.8. The summed E-state index contributed by atoms with van der Waals surface area (Å²) in [6.45, 7) is 1.32. The highest BCUT2D eigenvalue weighted by molar-refractivity contribution is 5.79. The van der Waals surface area contributed by atoms with E-state index >= 15 is 0 Å². The molecule has 19 heavy (non-hydrogen) atoms. The highest BCUT2D eigenvalue weighted by atomic mass is 16.5. The van der Waals surface area contributed by atoms with Crippen LogP contribution in [0, 0.1) is 5.92 Å². The van der Waals surface area contributed by atoms with Gasteiger partial charge in [-0.2, -0.15) is 0 Å². The van der Waals surface area contributed by atoms with E-state index in [2.05, 4.69) is 5.32 Å². The molecule has 2 unspecified atom stereocenters. The number of hydrogen-bond acceptors (Lipinski definition) is 3. The summed E-state index contributed by atoms with van der Waals surface area (Å²) in [4.78, 5) is 12.2. The van der Waals surface area contributed by atoms with E-state index in [-0.39, 0.29) is 24.5 Å². The van der Waals surface area contributed by atoms with Crippen LogP contribution in [0.15, 0.2) is 30.3 Å². The molecule has 4 heteroatoms. The molecule has 104 valence electrons. The van der Waals surface area contributed by atoms with Crippen molar-refractivity contribution >= 4 is 5.91 Å². The van der Waals surface area contributed by atoms with Crippen molar-refractivity contribution in [2.45, 2.75) is 25.3 Å². The summed E-state index contributed by atoms with van der Waals surface area (Å²) in [5.41, 5.74) is 1.03.